The van der Waals surface area contributed by atoms with E-state index in [1.54, 1.807) is 0 Å². The summed E-state index contributed by atoms with van der Waals surface area (Å²) >= 11 is 0. The molecule has 0 saturated heterocycles. The van der Waals surface area contributed by atoms with Crippen molar-refractivity contribution in [1.82, 2.24) is 21.3 Å². The van der Waals surface area contributed by atoms with Gasteiger partial charge in [0.15, 0.2) is 0 Å². The summed E-state index contributed by atoms with van der Waals surface area (Å²) in [5.74, 6) is -3.64. The van der Waals surface area contributed by atoms with E-state index in [2.05, 4.69) is 49.0 Å². The minimum absolute atomic E-state index is 0. The number of carbonyl (C=O) groups is 6. The summed E-state index contributed by atoms with van der Waals surface area (Å²) in [7, 11) is 0. The fourth-order valence-electron chi connectivity index (χ4n) is 6.04. The van der Waals surface area contributed by atoms with Gasteiger partial charge in [0, 0.05) is 0 Å². The van der Waals surface area contributed by atoms with Crippen LogP contribution in [0.5, 0.6) is 0 Å². The van der Waals surface area contributed by atoms with Gasteiger partial charge in [-0.3, -0.25) is 19.2 Å². The zero-order valence-corrected chi connectivity index (χ0v) is 35.9. The first-order valence-corrected chi connectivity index (χ1v) is 21.9. The molecule has 6 atom stereocenters. The van der Waals surface area contributed by atoms with Crippen molar-refractivity contribution in [3.63, 3.8) is 0 Å². The monoisotopic (exact) mass is 831 g/mol. The fourth-order valence-corrected chi connectivity index (χ4v) is 6.04. The number of carboxylic acids is 2. The fraction of sp³-hybridized carbons (Fsp3) is 0.864. The first kappa shape index (κ1) is 61.4. The molecular weight excluding hydrogens is 741 g/mol. The second kappa shape index (κ2) is 40.5. The Morgan fingerprint density at radius 3 is 0.793 bits per heavy atom. The minimum Gasteiger partial charge on any atom is -0.480 e. The summed E-state index contributed by atoms with van der Waals surface area (Å²) < 4.78 is 0. The number of unbranched alkanes of at least 4 members (excludes halogenated alkanes) is 12. The Morgan fingerprint density at radius 1 is 0.362 bits per heavy atom. The molecule has 0 aromatic heterocycles. The summed E-state index contributed by atoms with van der Waals surface area (Å²) in [5, 5.41) is 29.5. The first-order valence-electron chi connectivity index (χ1n) is 21.9. The number of nitrogens with one attached hydrogen (secondary N) is 4. The molecule has 344 valence electrons. The third-order valence-electron chi connectivity index (χ3n) is 9.79. The molecule has 0 aromatic rings. The van der Waals surface area contributed by atoms with E-state index in [1.807, 2.05) is 13.8 Å². The average Bonchev–Trinajstić information content (AvgIpc) is 3.16. The van der Waals surface area contributed by atoms with Crippen LogP contribution in [0.25, 0.3) is 0 Å². The molecular formula is C44H90N6O8. The van der Waals surface area contributed by atoms with Crippen LogP contribution in [0.3, 0.4) is 0 Å². The number of nitrogens with two attached hydrogens (primary N) is 2. The van der Waals surface area contributed by atoms with Gasteiger partial charge in [-0.25, -0.2) is 9.59 Å². The minimum atomic E-state index is -1.04. The van der Waals surface area contributed by atoms with Crippen LogP contribution in [0, 0.1) is 0 Å². The standard InChI is InChI=1S/2C21H41N3O4.2CH4/c2*1-4-7-10-13-16(22)19(25)23-17(14-11-8-5-2)20(26)24-18(21(27)28)15-12-9-6-3;;/h2*16-18H,4-15,22H2,1-3H3,(H,23,25)(H,24,26)(H,27,28);2*1H4. The molecule has 0 saturated carbocycles. The van der Waals surface area contributed by atoms with Gasteiger partial charge in [0.05, 0.1) is 12.1 Å². The Balaban J connectivity index is -0.000000486. The molecule has 0 heterocycles. The lowest BCUT2D eigenvalue weighted by Gasteiger charge is -2.23. The molecule has 6 unspecified atom stereocenters. The molecule has 14 nitrogen and oxygen atoms in total. The number of rotatable bonds is 34. The highest BCUT2D eigenvalue weighted by Crippen LogP contribution is 2.11. The van der Waals surface area contributed by atoms with Gasteiger partial charge in [0.2, 0.25) is 23.6 Å². The lowest BCUT2D eigenvalue weighted by Crippen LogP contribution is -2.54. The van der Waals surface area contributed by atoms with E-state index in [4.69, 9.17) is 11.5 Å². The second-order valence-corrected chi connectivity index (χ2v) is 15.1. The number of hydrogen-bond acceptors (Lipinski definition) is 8. The van der Waals surface area contributed by atoms with Crippen LogP contribution in [0.1, 0.15) is 210 Å². The van der Waals surface area contributed by atoms with E-state index in [0.29, 0.717) is 38.5 Å². The van der Waals surface area contributed by atoms with Crippen molar-refractivity contribution in [3.8, 4) is 0 Å². The Bertz CT molecular complexity index is 997. The second-order valence-electron chi connectivity index (χ2n) is 15.1. The highest BCUT2D eigenvalue weighted by molar-refractivity contribution is 5.92. The van der Waals surface area contributed by atoms with Crippen molar-refractivity contribution in [1.29, 1.82) is 0 Å². The van der Waals surface area contributed by atoms with E-state index in [0.717, 1.165) is 116 Å². The summed E-state index contributed by atoms with van der Waals surface area (Å²) in [4.78, 5) is 73.0. The van der Waals surface area contributed by atoms with E-state index in [-0.39, 0.29) is 26.7 Å². The number of carbonyl (C=O) groups excluding carboxylic acids is 4. The molecule has 0 spiro atoms. The van der Waals surface area contributed by atoms with E-state index >= 15 is 0 Å². The van der Waals surface area contributed by atoms with E-state index < -0.39 is 60.0 Å². The quantitative estimate of drug-likeness (QED) is 0.0297. The Hall–Kier alpha value is -3.26. The largest absolute Gasteiger partial charge is 0.480 e. The van der Waals surface area contributed by atoms with Crippen molar-refractivity contribution in [2.24, 2.45) is 11.5 Å². The Labute approximate surface area is 353 Å². The van der Waals surface area contributed by atoms with Crippen LogP contribution in [-0.2, 0) is 28.8 Å². The first-order chi connectivity index (χ1) is 26.7. The van der Waals surface area contributed by atoms with Crippen LogP contribution in [0.2, 0.25) is 0 Å². The van der Waals surface area contributed by atoms with Crippen LogP contribution in [0.4, 0.5) is 0 Å². The summed E-state index contributed by atoms with van der Waals surface area (Å²) in [6.07, 6.45) is 19.5. The molecule has 0 aromatic carbocycles. The highest BCUT2D eigenvalue weighted by Gasteiger charge is 2.29. The normalized spacial score (nSPS) is 13.7. The van der Waals surface area contributed by atoms with Gasteiger partial charge in [-0.15, -0.1) is 0 Å². The average molecular weight is 831 g/mol. The van der Waals surface area contributed by atoms with Gasteiger partial charge in [0.25, 0.3) is 0 Å². The van der Waals surface area contributed by atoms with Crippen molar-refractivity contribution in [2.45, 2.75) is 247 Å². The van der Waals surface area contributed by atoms with E-state index in [1.165, 1.54) is 0 Å². The maximum atomic E-state index is 12.7. The molecule has 10 N–H and O–H groups in total. The molecule has 0 fully saturated rings. The molecule has 0 aliphatic carbocycles. The molecule has 0 radical (unpaired) electrons. The smallest absolute Gasteiger partial charge is 0.326 e. The van der Waals surface area contributed by atoms with Crippen molar-refractivity contribution in [3.05, 3.63) is 0 Å². The molecule has 14 heteroatoms. The number of hydrogen-bond donors (Lipinski definition) is 8. The topological polar surface area (TPSA) is 243 Å². The zero-order valence-electron chi connectivity index (χ0n) is 35.9. The molecule has 0 aliphatic rings. The van der Waals surface area contributed by atoms with Gasteiger partial charge < -0.3 is 42.9 Å². The predicted molar refractivity (Wildman–Crippen MR) is 237 cm³/mol. The highest BCUT2D eigenvalue weighted by atomic mass is 16.4. The Morgan fingerprint density at radius 2 is 0.569 bits per heavy atom. The lowest BCUT2D eigenvalue weighted by atomic mass is 10.0. The number of aliphatic carboxylic acids is 2. The molecule has 58 heavy (non-hydrogen) atoms. The van der Waals surface area contributed by atoms with Crippen molar-refractivity contribution >= 4 is 35.6 Å². The van der Waals surface area contributed by atoms with Gasteiger partial charge >= 0.3 is 11.9 Å². The van der Waals surface area contributed by atoms with Gasteiger partial charge in [-0.1, -0.05) is 172 Å². The summed E-state index contributed by atoms with van der Waals surface area (Å²) in [6, 6.07) is -4.64. The Kier molecular flexibility index (Phi) is 42.9. The van der Waals surface area contributed by atoms with E-state index in [9.17, 15) is 39.0 Å². The van der Waals surface area contributed by atoms with Gasteiger partial charge in [-0.05, 0) is 38.5 Å². The molecule has 0 aliphatic heterocycles. The third kappa shape index (κ3) is 31.7. The number of carboxylic acid groups (broad SMARTS) is 2. The van der Waals surface area contributed by atoms with Crippen molar-refractivity contribution in [2.75, 3.05) is 0 Å². The zero-order chi connectivity index (χ0) is 42.7. The van der Waals surface area contributed by atoms with Crippen molar-refractivity contribution < 1.29 is 39.0 Å². The SMILES string of the molecule is C.C.CCCCCC(N)C(=O)NC(CCCCC)C(=O)NC(CCCCC)C(=O)O.CCCCCC(N)C(=O)NC(CCCCC)C(=O)NC(CCCCC)C(=O)O. The molecule has 4 amide bonds. The maximum absolute atomic E-state index is 12.7. The maximum Gasteiger partial charge on any atom is 0.326 e. The van der Waals surface area contributed by atoms with Crippen LogP contribution < -0.4 is 32.7 Å². The predicted octanol–water partition coefficient (Wildman–Crippen LogP) is 7.49. The van der Waals surface area contributed by atoms with Crippen LogP contribution in [-0.4, -0.2) is 82.0 Å². The number of amides is 4. The van der Waals surface area contributed by atoms with Crippen LogP contribution in [0.15, 0.2) is 0 Å². The summed E-state index contributed by atoms with van der Waals surface area (Å²) in [6.45, 7) is 12.4. The molecule has 0 rings (SSSR count). The third-order valence-corrected chi connectivity index (χ3v) is 9.79. The lowest BCUT2D eigenvalue weighted by molar-refractivity contribution is -0.143. The van der Waals surface area contributed by atoms with Crippen LogP contribution >= 0.6 is 0 Å². The molecule has 0 bridgehead atoms. The van der Waals surface area contributed by atoms with Gasteiger partial charge in [-0.2, -0.15) is 0 Å². The summed E-state index contributed by atoms with van der Waals surface area (Å²) in [5.41, 5.74) is 11.9. The van der Waals surface area contributed by atoms with Gasteiger partial charge in [0.1, 0.15) is 24.2 Å².